The predicted octanol–water partition coefficient (Wildman–Crippen LogP) is 3.21. The van der Waals surface area contributed by atoms with Crippen molar-refractivity contribution in [1.29, 1.82) is 0 Å². The molecule has 0 aromatic heterocycles. The van der Waals surface area contributed by atoms with Gasteiger partial charge in [-0.25, -0.2) is 4.79 Å². The van der Waals surface area contributed by atoms with Crippen LogP contribution in [0.2, 0.25) is 0 Å². The summed E-state index contributed by atoms with van der Waals surface area (Å²) in [4.78, 5) is 11.7. The maximum atomic E-state index is 11.7. The lowest BCUT2D eigenvalue weighted by molar-refractivity contribution is -0.143. The molecular weight excluding hydrogens is 272 g/mol. The Balaban J connectivity index is 3.43. The van der Waals surface area contributed by atoms with E-state index in [-0.39, 0.29) is 5.75 Å². The lowest BCUT2D eigenvalue weighted by atomic mass is 9.97. The molecule has 0 aliphatic heterocycles. The van der Waals surface area contributed by atoms with Crippen LogP contribution in [0.5, 0.6) is 17.2 Å². The van der Waals surface area contributed by atoms with Crippen molar-refractivity contribution in [3.63, 3.8) is 0 Å². The molecule has 1 rings (SSSR count). The van der Waals surface area contributed by atoms with Crippen molar-refractivity contribution in [2.45, 2.75) is 33.8 Å². The third-order valence-electron chi connectivity index (χ3n) is 3.35. The SMILES string of the molecule is C=C(C)C(=O)OC(C)c1c(C)c(OC)c(O)c(C)c1OC. The lowest BCUT2D eigenvalue weighted by Crippen LogP contribution is -2.12. The fourth-order valence-corrected chi connectivity index (χ4v) is 2.27. The van der Waals surface area contributed by atoms with Gasteiger partial charge in [0.2, 0.25) is 0 Å². The van der Waals surface area contributed by atoms with Crippen LogP contribution < -0.4 is 9.47 Å². The van der Waals surface area contributed by atoms with Gasteiger partial charge in [0.1, 0.15) is 11.9 Å². The van der Waals surface area contributed by atoms with Crippen LogP contribution in [0.1, 0.15) is 36.6 Å². The van der Waals surface area contributed by atoms with Crippen LogP contribution >= 0.6 is 0 Å². The van der Waals surface area contributed by atoms with Gasteiger partial charge in [-0.3, -0.25) is 0 Å². The number of methoxy groups -OCH3 is 2. The second-order valence-electron chi connectivity index (χ2n) is 4.91. The first-order valence-corrected chi connectivity index (χ1v) is 6.56. The molecule has 0 aliphatic carbocycles. The molecule has 1 unspecified atom stereocenters. The van der Waals surface area contributed by atoms with Gasteiger partial charge in [0, 0.05) is 22.3 Å². The summed E-state index contributed by atoms with van der Waals surface area (Å²) in [6.45, 7) is 10.4. The Labute approximate surface area is 125 Å². The zero-order valence-electron chi connectivity index (χ0n) is 13.4. The van der Waals surface area contributed by atoms with E-state index >= 15 is 0 Å². The Morgan fingerprint density at radius 1 is 1.14 bits per heavy atom. The quantitative estimate of drug-likeness (QED) is 0.667. The Bertz CT molecular complexity index is 575. The first-order valence-electron chi connectivity index (χ1n) is 6.56. The van der Waals surface area contributed by atoms with Gasteiger partial charge in [0.05, 0.1) is 14.2 Å². The van der Waals surface area contributed by atoms with Crippen LogP contribution in [-0.4, -0.2) is 25.3 Å². The molecule has 5 heteroatoms. The van der Waals surface area contributed by atoms with E-state index in [0.717, 1.165) is 0 Å². The monoisotopic (exact) mass is 294 g/mol. The predicted molar refractivity (Wildman–Crippen MR) is 80.0 cm³/mol. The first-order chi connectivity index (χ1) is 9.76. The zero-order valence-corrected chi connectivity index (χ0v) is 13.4. The Hall–Kier alpha value is -2.17. The fourth-order valence-electron chi connectivity index (χ4n) is 2.27. The van der Waals surface area contributed by atoms with Crippen molar-refractivity contribution in [2.75, 3.05) is 14.2 Å². The topological polar surface area (TPSA) is 65.0 Å². The molecule has 0 bridgehead atoms. The molecule has 1 aromatic rings. The maximum absolute atomic E-state index is 11.7. The van der Waals surface area contributed by atoms with Crippen LogP contribution in [0.3, 0.4) is 0 Å². The van der Waals surface area contributed by atoms with E-state index < -0.39 is 12.1 Å². The molecule has 0 spiro atoms. The van der Waals surface area contributed by atoms with Crippen molar-refractivity contribution in [2.24, 2.45) is 0 Å². The number of carbonyl (C=O) groups is 1. The van der Waals surface area contributed by atoms with Gasteiger partial charge in [-0.15, -0.1) is 0 Å². The maximum Gasteiger partial charge on any atom is 0.333 e. The van der Waals surface area contributed by atoms with Crippen LogP contribution in [0.15, 0.2) is 12.2 Å². The van der Waals surface area contributed by atoms with Gasteiger partial charge in [0.25, 0.3) is 0 Å². The van der Waals surface area contributed by atoms with Crippen molar-refractivity contribution >= 4 is 5.97 Å². The average Bonchev–Trinajstić information content (AvgIpc) is 2.42. The van der Waals surface area contributed by atoms with Gasteiger partial charge in [0.15, 0.2) is 11.5 Å². The standard InChI is InChI=1S/C16H22O5/c1-8(2)16(18)21-11(5)12-9(3)15(20-7)13(17)10(4)14(12)19-6/h11,17H,1H2,2-7H3. The summed E-state index contributed by atoms with van der Waals surface area (Å²) < 4.78 is 16.0. The molecule has 1 aromatic carbocycles. The summed E-state index contributed by atoms with van der Waals surface area (Å²) in [5, 5.41) is 10.1. The van der Waals surface area contributed by atoms with Gasteiger partial charge in [-0.2, -0.15) is 0 Å². The number of benzene rings is 1. The summed E-state index contributed by atoms with van der Waals surface area (Å²) >= 11 is 0. The Morgan fingerprint density at radius 2 is 1.67 bits per heavy atom. The molecule has 0 fully saturated rings. The summed E-state index contributed by atoms with van der Waals surface area (Å²) in [5.41, 5.74) is 2.19. The molecular formula is C16H22O5. The summed E-state index contributed by atoms with van der Waals surface area (Å²) in [7, 11) is 2.98. The Kier molecular flexibility index (Phi) is 5.24. The molecule has 0 saturated carbocycles. The zero-order chi connectivity index (χ0) is 16.3. The molecule has 0 radical (unpaired) electrons. The second kappa shape index (κ2) is 6.52. The van der Waals surface area contributed by atoms with Crippen LogP contribution in [-0.2, 0) is 9.53 Å². The second-order valence-corrected chi connectivity index (χ2v) is 4.91. The highest BCUT2D eigenvalue weighted by Crippen LogP contribution is 2.45. The molecule has 0 heterocycles. The number of phenols is 1. The van der Waals surface area contributed by atoms with Crippen molar-refractivity contribution < 1.29 is 24.1 Å². The van der Waals surface area contributed by atoms with Gasteiger partial charge in [-0.1, -0.05) is 6.58 Å². The highest BCUT2D eigenvalue weighted by Gasteiger charge is 2.26. The first kappa shape index (κ1) is 16.9. The van der Waals surface area contributed by atoms with Gasteiger partial charge < -0.3 is 19.3 Å². The Morgan fingerprint density at radius 3 is 2.10 bits per heavy atom. The van der Waals surface area contributed by atoms with E-state index in [0.29, 0.717) is 33.8 Å². The highest BCUT2D eigenvalue weighted by molar-refractivity contribution is 5.87. The number of rotatable bonds is 5. The molecule has 0 saturated heterocycles. The van der Waals surface area contributed by atoms with E-state index in [4.69, 9.17) is 14.2 Å². The number of phenolic OH excluding ortho intramolecular Hbond substituents is 1. The van der Waals surface area contributed by atoms with E-state index in [1.54, 1.807) is 27.7 Å². The minimum Gasteiger partial charge on any atom is -0.504 e. The molecule has 0 aliphatic rings. The van der Waals surface area contributed by atoms with E-state index in [1.165, 1.54) is 14.2 Å². The number of hydrogen-bond donors (Lipinski definition) is 1. The third kappa shape index (κ3) is 3.12. The van der Waals surface area contributed by atoms with Crippen molar-refractivity contribution in [3.8, 4) is 17.2 Å². The normalized spacial score (nSPS) is 11.7. The van der Waals surface area contributed by atoms with Crippen molar-refractivity contribution in [1.82, 2.24) is 0 Å². The number of carbonyl (C=O) groups excluding carboxylic acids is 1. The van der Waals surface area contributed by atoms with Gasteiger partial charge in [-0.05, 0) is 27.7 Å². The average molecular weight is 294 g/mol. The minimum atomic E-state index is -0.558. The summed E-state index contributed by atoms with van der Waals surface area (Å²) in [5.74, 6) is 0.372. The number of ether oxygens (including phenoxy) is 3. The number of hydrogen-bond acceptors (Lipinski definition) is 5. The lowest BCUT2D eigenvalue weighted by Gasteiger charge is -2.23. The van der Waals surface area contributed by atoms with E-state index in [1.807, 2.05) is 0 Å². The van der Waals surface area contributed by atoms with Crippen LogP contribution in [0.25, 0.3) is 0 Å². The van der Waals surface area contributed by atoms with Gasteiger partial charge >= 0.3 is 5.97 Å². The number of esters is 1. The molecule has 1 N–H and O–H groups in total. The van der Waals surface area contributed by atoms with E-state index in [2.05, 4.69) is 6.58 Å². The third-order valence-corrected chi connectivity index (χ3v) is 3.35. The molecule has 0 amide bonds. The smallest absolute Gasteiger partial charge is 0.333 e. The number of aromatic hydroxyl groups is 1. The minimum absolute atomic E-state index is 0.0222. The summed E-state index contributed by atoms with van der Waals surface area (Å²) in [6, 6.07) is 0. The molecule has 1 atom stereocenters. The fraction of sp³-hybridized carbons (Fsp3) is 0.438. The van der Waals surface area contributed by atoms with Crippen LogP contribution in [0.4, 0.5) is 0 Å². The molecule has 116 valence electrons. The molecule has 21 heavy (non-hydrogen) atoms. The summed E-state index contributed by atoms with van der Waals surface area (Å²) in [6.07, 6.45) is -0.558. The van der Waals surface area contributed by atoms with Crippen LogP contribution in [0, 0.1) is 13.8 Å². The van der Waals surface area contributed by atoms with E-state index in [9.17, 15) is 9.90 Å². The van der Waals surface area contributed by atoms with Crippen molar-refractivity contribution in [3.05, 3.63) is 28.8 Å². The highest BCUT2D eigenvalue weighted by atomic mass is 16.5. The molecule has 5 nitrogen and oxygen atoms in total. The largest absolute Gasteiger partial charge is 0.504 e.